The first-order valence-corrected chi connectivity index (χ1v) is 6.40. The molecule has 5 nitrogen and oxygen atoms in total. The van der Waals surface area contributed by atoms with Gasteiger partial charge in [-0.05, 0) is 24.1 Å². The number of halogens is 1. The van der Waals surface area contributed by atoms with E-state index in [2.05, 4.69) is 10.3 Å². The van der Waals surface area contributed by atoms with E-state index in [1.807, 2.05) is 6.92 Å². The van der Waals surface area contributed by atoms with Crippen LogP contribution >= 0.6 is 0 Å². The van der Waals surface area contributed by atoms with Gasteiger partial charge in [-0.3, -0.25) is 0 Å². The van der Waals surface area contributed by atoms with Gasteiger partial charge in [0.2, 0.25) is 0 Å². The second-order valence-electron chi connectivity index (χ2n) is 4.41. The molecular weight excluding hydrogens is 261 g/mol. The first-order chi connectivity index (χ1) is 9.65. The Morgan fingerprint density at radius 3 is 2.65 bits per heavy atom. The normalized spacial score (nSPS) is 10.6. The Kier molecular flexibility index (Phi) is 4.45. The SMILES string of the molecule is CCCc1c(C(=O)OC)nnn1Cc1ccc(F)cc1. The van der Waals surface area contributed by atoms with Crippen molar-refractivity contribution >= 4 is 5.97 Å². The maximum Gasteiger partial charge on any atom is 0.360 e. The highest BCUT2D eigenvalue weighted by atomic mass is 19.1. The predicted octanol–water partition coefficient (Wildman–Crippen LogP) is 2.20. The zero-order valence-electron chi connectivity index (χ0n) is 11.5. The average Bonchev–Trinajstić information content (AvgIpc) is 2.84. The minimum absolute atomic E-state index is 0.247. The van der Waals surface area contributed by atoms with Crippen molar-refractivity contribution in [3.8, 4) is 0 Å². The zero-order chi connectivity index (χ0) is 14.5. The Hall–Kier alpha value is -2.24. The molecular formula is C14H16FN3O2. The third kappa shape index (κ3) is 3.01. The highest BCUT2D eigenvalue weighted by molar-refractivity contribution is 5.88. The Morgan fingerprint density at radius 2 is 2.05 bits per heavy atom. The standard InChI is InChI=1S/C14H16FN3O2/c1-3-4-12-13(14(19)20-2)16-17-18(12)9-10-5-7-11(15)8-6-10/h5-8H,3-4,9H2,1-2H3. The number of methoxy groups -OCH3 is 1. The summed E-state index contributed by atoms with van der Waals surface area (Å²) in [6.07, 6.45) is 1.54. The Labute approximate surface area is 116 Å². The molecule has 1 heterocycles. The van der Waals surface area contributed by atoms with Gasteiger partial charge in [0.05, 0.1) is 19.3 Å². The largest absolute Gasteiger partial charge is 0.464 e. The zero-order valence-corrected chi connectivity index (χ0v) is 11.5. The van der Waals surface area contributed by atoms with Crippen molar-refractivity contribution in [2.45, 2.75) is 26.3 Å². The molecule has 0 radical (unpaired) electrons. The lowest BCUT2D eigenvalue weighted by Crippen LogP contribution is -2.10. The van der Waals surface area contributed by atoms with Crippen LogP contribution in [0.2, 0.25) is 0 Å². The van der Waals surface area contributed by atoms with Crippen molar-refractivity contribution in [1.29, 1.82) is 0 Å². The van der Waals surface area contributed by atoms with Crippen LogP contribution in [0, 0.1) is 5.82 Å². The first kappa shape index (κ1) is 14.2. The molecule has 2 rings (SSSR count). The van der Waals surface area contributed by atoms with Gasteiger partial charge in [0, 0.05) is 0 Å². The van der Waals surface area contributed by atoms with Crippen LogP contribution in [-0.4, -0.2) is 28.1 Å². The highest BCUT2D eigenvalue weighted by Crippen LogP contribution is 2.12. The Morgan fingerprint density at radius 1 is 1.35 bits per heavy atom. The number of benzene rings is 1. The summed E-state index contributed by atoms with van der Waals surface area (Å²) in [6, 6.07) is 6.16. The number of carbonyl (C=O) groups excluding carboxylic acids is 1. The van der Waals surface area contributed by atoms with Gasteiger partial charge in [-0.25, -0.2) is 13.9 Å². The summed E-state index contributed by atoms with van der Waals surface area (Å²) in [5.41, 5.74) is 1.88. The van der Waals surface area contributed by atoms with Crippen LogP contribution in [0.3, 0.4) is 0 Å². The van der Waals surface area contributed by atoms with Crippen molar-refractivity contribution < 1.29 is 13.9 Å². The van der Waals surface area contributed by atoms with Crippen molar-refractivity contribution in [3.05, 3.63) is 47.0 Å². The van der Waals surface area contributed by atoms with E-state index in [4.69, 9.17) is 4.74 Å². The summed E-state index contributed by atoms with van der Waals surface area (Å²) in [5, 5.41) is 7.88. The van der Waals surface area contributed by atoms with E-state index in [0.717, 1.165) is 17.7 Å². The molecule has 0 amide bonds. The van der Waals surface area contributed by atoms with Gasteiger partial charge >= 0.3 is 5.97 Å². The van der Waals surface area contributed by atoms with Gasteiger partial charge in [-0.15, -0.1) is 5.10 Å². The number of esters is 1. The second-order valence-corrected chi connectivity index (χ2v) is 4.41. The Bertz CT molecular complexity index is 593. The van der Waals surface area contributed by atoms with Gasteiger partial charge in [0.15, 0.2) is 5.69 Å². The van der Waals surface area contributed by atoms with Crippen molar-refractivity contribution in [3.63, 3.8) is 0 Å². The fourth-order valence-electron chi connectivity index (χ4n) is 1.96. The molecule has 0 aliphatic carbocycles. The van der Waals surface area contributed by atoms with Gasteiger partial charge in [-0.2, -0.15) is 0 Å². The number of aromatic nitrogens is 3. The third-order valence-electron chi connectivity index (χ3n) is 2.95. The van der Waals surface area contributed by atoms with Gasteiger partial charge in [-0.1, -0.05) is 30.7 Å². The molecule has 0 saturated carbocycles. The van der Waals surface area contributed by atoms with E-state index in [-0.39, 0.29) is 11.5 Å². The fraction of sp³-hybridized carbons (Fsp3) is 0.357. The third-order valence-corrected chi connectivity index (χ3v) is 2.95. The number of ether oxygens (including phenoxy) is 1. The molecule has 1 aromatic heterocycles. The minimum atomic E-state index is -0.487. The maximum atomic E-state index is 12.9. The van der Waals surface area contributed by atoms with Crippen LogP contribution in [0.5, 0.6) is 0 Å². The molecule has 0 atom stereocenters. The number of rotatable bonds is 5. The molecule has 1 aromatic carbocycles. The topological polar surface area (TPSA) is 57.0 Å². The quantitative estimate of drug-likeness (QED) is 0.786. The molecule has 0 spiro atoms. The monoisotopic (exact) mass is 277 g/mol. The molecule has 0 aliphatic heterocycles. The number of hydrogen-bond donors (Lipinski definition) is 0. The van der Waals surface area contributed by atoms with Crippen LogP contribution in [0.4, 0.5) is 4.39 Å². The van der Waals surface area contributed by atoms with E-state index < -0.39 is 5.97 Å². The van der Waals surface area contributed by atoms with E-state index in [1.165, 1.54) is 19.2 Å². The minimum Gasteiger partial charge on any atom is -0.464 e. The number of carbonyl (C=O) groups is 1. The molecule has 0 saturated heterocycles. The van der Waals surface area contributed by atoms with Crippen LogP contribution < -0.4 is 0 Å². The Balaban J connectivity index is 2.29. The van der Waals surface area contributed by atoms with Crippen molar-refractivity contribution in [2.24, 2.45) is 0 Å². The molecule has 0 unspecified atom stereocenters. The summed E-state index contributed by atoms with van der Waals surface area (Å²) in [4.78, 5) is 11.6. The summed E-state index contributed by atoms with van der Waals surface area (Å²) >= 11 is 0. The molecule has 0 bridgehead atoms. The molecule has 0 fully saturated rings. The van der Waals surface area contributed by atoms with Crippen LogP contribution in [-0.2, 0) is 17.7 Å². The van der Waals surface area contributed by atoms with Crippen LogP contribution in [0.25, 0.3) is 0 Å². The van der Waals surface area contributed by atoms with E-state index in [9.17, 15) is 9.18 Å². The van der Waals surface area contributed by atoms with Gasteiger partial charge < -0.3 is 4.74 Å². The van der Waals surface area contributed by atoms with Crippen LogP contribution in [0.1, 0.15) is 35.1 Å². The lowest BCUT2D eigenvalue weighted by Gasteiger charge is -2.06. The highest BCUT2D eigenvalue weighted by Gasteiger charge is 2.19. The lowest BCUT2D eigenvalue weighted by molar-refractivity contribution is 0.0592. The predicted molar refractivity (Wildman–Crippen MR) is 70.9 cm³/mol. The molecule has 0 aliphatic rings. The molecule has 0 N–H and O–H groups in total. The summed E-state index contributed by atoms with van der Waals surface area (Å²) in [7, 11) is 1.32. The maximum absolute atomic E-state index is 12.9. The summed E-state index contributed by atoms with van der Waals surface area (Å²) in [5.74, 6) is -0.768. The molecule has 2 aromatic rings. The van der Waals surface area contributed by atoms with E-state index in [1.54, 1.807) is 16.8 Å². The molecule has 106 valence electrons. The second kappa shape index (κ2) is 6.27. The van der Waals surface area contributed by atoms with E-state index >= 15 is 0 Å². The summed E-state index contributed by atoms with van der Waals surface area (Å²) < 4.78 is 19.2. The summed E-state index contributed by atoms with van der Waals surface area (Å²) in [6.45, 7) is 2.45. The smallest absolute Gasteiger partial charge is 0.360 e. The van der Waals surface area contributed by atoms with E-state index in [0.29, 0.717) is 13.0 Å². The fourth-order valence-corrected chi connectivity index (χ4v) is 1.96. The molecule has 6 heteroatoms. The number of nitrogens with zero attached hydrogens (tertiary/aromatic N) is 3. The lowest BCUT2D eigenvalue weighted by atomic mass is 10.2. The van der Waals surface area contributed by atoms with Crippen molar-refractivity contribution in [1.82, 2.24) is 15.0 Å². The van der Waals surface area contributed by atoms with Crippen LogP contribution in [0.15, 0.2) is 24.3 Å². The molecule has 20 heavy (non-hydrogen) atoms. The van der Waals surface area contributed by atoms with Crippen molar-refractivity contribution in [2.75, 3.05) is 7.11 Å². The number of hydrogen-bond acceptors (Lipinski definition) is 4. The van der Waals surface area contributed by atoms with Gasteiger partial charge in [0.25, 0.3) is 0 Å². The van der Waals surface area contributed by atoms with Gasteiger partial charge in [0.1, 0.15) is 5.82 Å². The first-order valence-electron chi connectivity index (χ1n) is 6.40. The average molecular weight is 277 g/mol.